The molecule has 2 aromatic rings. The van der Waals surface area contributed by atoms with Crippen molar-refractivity contribution >= 4 is 23.2 Å². The van der Waals surface area contributed by atoms with E-state index in [2.05, 4.69) is 0 Å². The zero-order valence-corrected chi connectivity index (χ0v) is 9.42. The van der Waals surface area contributed by atoms with Gasteiger partial charge in [0.1, 0.15) is 11.8 Å². The van der Waals surface area contributed by atoms with E-state index in [-0.39, 0.29) is 11.7 Å². The number of rotatable bonds is 2. The van der Waals surface area contributed by atoms with Crippen molar-refractivity contribution in [2.45, 2.75) is 0 Å². The Balaban J connectivity index is 2.24. The standard InChI is InChI=1S/C11H5Cl2NO2/c12-7-1-3-10(9(13)5-7)16-11-4-2-8(6-14)15-11/h1-5H. The number of hydrogen-bond donors (Lipinski definition) is 0. The minimum Gasteiger partial charge on any atom is -0.424 e. The summed E-state index contributed by atoms with van der Waals surface area (Å²) in [6.45, 7) is 0. The summed E-state index contributed by atoms with van der Waals surface area (Å²) >= 11 is 11.6. The smallest absolute Gasteiger partial charge is 0.291 e. The molecular weight excluding hydrogens is 249 g/mol. The van der Waals surface area contributed by atoms with E-state index in [0.717, 1.165) is 0 Å². The van der Waals surface area contributed by atoms with Gasteiger partial charge in [-0.2, -0.15) is 5.26 Å². The lowest BCUT2D eigenvalue weighted by molar-refractivity contribution is 0.343. The molecule has 2 rings (SSSR count). The first-order chi connectivity index (χ1) is 7.69. The van der Waals surface area contributed by atoms with Crippen LogP contribution in [0.4, 0.5) is 0 Å². The number of furan rings is 1. The second kappa shape index (κ2) is 4.48. The molecule has 0 saturated carbocycles. The molecule has 0 N–H and O–H groups in total. The van der Waals surface area contributed by atoms with Gasteiger partial charge in [-0.15, -0.1) is 0 Å². The number of hydrogen-bond acceptors (Lipinski definition) is 3. The second-order valence-electron chi connectivity index (χ2n) is 2.91. The van der Waals surface area contributed by atoms with Gasteiger partial charge in [0.05, 0.1) is 5.02 Å². The minimum atomic E-state index is 0.181. The fraction of sp³-hybridized carbons (Fsp3) is 0. The predicted octanol–water partition coefficient (Wildman–Crippen LogP) is 4.25. The van der Waals surface area contributed by atoms with Crippen LogP contribution in [0, 0.1) is 11.3 Å². The Bertz CT molecular complexity index is 557. The third-order valence-corrected chi connectivity index (χ3v) is 2.33. The van der Waals surface area contributed by atoms with Crippen molar-refractivity contribution in [1.82, 2.24) is 0 Å². The van der Waals surface area contributed by atoms with Gasteiger partial charge in [0.15, 0.2) is 0 Å². The number of halogens is 2. The predicted molar refractivity (Wildman–Crippen MR) is 60.0 cm³/mol. The van der Waals surface area contributed by atoms with E-state index in [9.17, 15) is 0 Å². The van der Waals surface area contributed by atoms with Crippen LogP contribution in [-0.4, -0.2) is 0 Å². The van der Waals surface area contributed by atoms with Crippen LogP contribution in [0.15, 0.2) is 34.7 Å². The molecule has 0 fully saturated rings. The molecule has 5 heteroatoms. The second-order valence-corrected chi connectivity index (χ2v) is 3.75. The Kier molecular flexibility index (Phi) is 3.04. The number of nitriles is 1. The highest BCUT2D eigenvalue weighted by Crippen LogP contribution is 2.32. The number of benzene rings is 1. The maximum atomic E-state index is 8.57. The first-order valence-electron chi connectivity index (χ1n) is 4.32. The Labute approximate surface area is 102 Å². The Hall–Kier alpha value is -1.63. The van der Waals surface area contributed by atoms with Gasteiger partial charge < -0.3 is 9.15 Å². The summed E-state index contributed by atoms with van der Waals surface area (Å²) in [6, 6.07) is 9.75. The van der Waals surface area contributed by atoms with E-state index in [1.165, 1.54) is 6.07 Å². The molecule has 0 aliphatic carbocycles. The summed E-state index contributed by atoms with van der Waals surface area (Å²) in [4.78, 5) is 0. The summed E-state index contributed by atoms with van der Waals surface area (Å²) < 4.78 is 10.4. The van der Waals surface area contributed by atoms with E-state index in [4.69, 9.17) is 37.6 Å². The monoisotopic (exact) mass is 253 g/mol. The largest absolute Gasteiger partial charge is 0.424 e. The van der Waals surface area contributed by atoms with Crippen molar-refractivity contribution in [2.24, 2.45) is 0 Å². The molecule has 3 nitrogen and oxygen atoms in total. The summed E-state index contributed by atoms with van der Waals surface area (Å²) in [5, 5.41) is 9.47. The van der Waals surface area contributed by atoms with E-state index in [1.807, 2.05) is 6.07 Å². The molecule has 16 heavy (non-hydrogen) atoms. The fourth-order valence-corrected chi connectivity index (χ4v) is 1.55. The highest BCUT2D eigenvalue weighted by molar-refractivity contribution is 6.35. The fourth-order valence-electron chi connectivity index (χ4n) is 1.10. The molecule has 0 atom stereocenters. The molecule has 1 heterocycles. The average molecular weight is 254 g/mol. The van der Waals surface area contributed by atoms with E-state index >= 15 is 0 Å². The Morgan fingerprint density at radius 2 is 2.00 bits per heavy atom. The molecule has 0 saturated heterocycles. The highest BCUT2D eigenvalue weighted by atomic mass is 35.5. The maximum absolute atomic E-state index is 8.57. The summed E-state index contributed by atoms with van der Waals surface area (Å²) in [6.07, 6.45) is 0. The molecule has 1 aromatic heterocycles. The summed E-state index contributed by atoms with van der Waals surface area (Å²) in [5.74, 6) is 0.811. The molecule has 0 aliphatic heterocycles. The first-order valence-corrected chi connectivity index (χ1v) is 5.07. The lowest BCUT2D eigenvalue weighted by atomic mass is 10.3. The van der Waals surface area contributed by atoms with Crippen molar-refractivity contribution in [3.05, 3.63) is 46.1 Å². The Morgan fingerprint density at radius 3 is 2.62 bits per heavy atom. The third-order valence-electron chi connectivity index (χ3n) is 1.80. The molecule has 0 unspecified atom stereocenters. The topological polar surface area (TPSA) is 46.2 Å². The third kappa shape index (κ3) is 2.30. The SMILES string of the molecule is N#Cc1ccc(Oc2ccc(Cl)cc2Cl)o1. The average Bonchev–Trinajstić information content (AvgIpc) is 2.70. The minimum absolute atomic E-state index is 0.181. The van der Waals surface area contributed by atoms with Gasteiger partial charge in [0.2, 0.25) is 5.76 Å². The van der Waals surface area contributed by atoms with Gasteiger partial charge in [-0.25, -0.2) is 0 Å². The number of nitrogens with zero attached hydrogens (tertiary/aromatic N) is 1. The molecule has 0 spiro atoms. The normalized spacial score (nSPS) is 9.81. The van der Waals surface area contributed by atoms with Crippen LogP contribution >= 0.6 is 23.2 Å². The molecule has 1 aromatic carbocycles. The van der Waals surface area contributed by atoms with Gasteiger partial charge in [-0.3, -0.25) is 0 Å². The van der Waals surface area contributed by atoms with Gasteiger partial charge in [0.25, 0.3) is 5.95 Å². The number of ether oxygens (including phenoxy) is 1. The summed E-state index contributed by atoms with van der Waals surface area (Å²) in [5.41, 5.74) is 0. The van der Waals surface area contributed by atoms with Crippen LogP contribution in [0.3, 0.4) is 0 Å². The van der Waals surface area contributed by atoms with Gasteiger partial charge >= 0.3 is 0 Å². The maximum Gasteiger partial charge on any atom is 0.291 e. The lowest BCUT2D eigenvalue weighted by Crippen LogP contribution is -1.82. The highest BCUT2D eigenvalue weighted by Gasteiger charge is 2.07. The summed E-state index contributed by atoms with van der Waals surface area (Å²) in [7, 11) is 0. The van der Waals surface area contributed by atoms with Crippen LogP contribution in [0.2, 0.25) is 10.0 Å². The van der Waals surface area contributed by atoms with Crippen molar-refractivity contribution < 1.29 is 9.15 Å². The van der Waals surface area contributed by atoms with Crippen LogP contribution in [0.5, 0.6) is 11.7 Å². The van der Waals surface area contributed by atoms with E-state index < -0.39 is 0 Å². The van der Waals surface area contributed by atoms with Crippen LogP contribution < -0.4 is 4.74 Å². The van der Waals surface area contributed by atoms with Gasteiger partial charge in [-0.05, 0) is 24.3 Å². The Morgan fingerprint density at radius 1 is 1.19 bits per heavy atom. The van der Waals surface area contributed by atoms with Crippen LogP contribution in [-0.2, 0) is 0 Å². The molecule has 0 amide bonds. The molecule has 0 bridgehead atoms. The molecular formula is C11H5Cl2NO2. The lowest BCUT2D eigenvalue weighted by Gasteiger charge is -2.03. The van der Waals surface area contributed by atoms with Crippen LogP contribution in [0.1, 0.15) is 5.76 Å². The quantitative estimate of drug-likeness (QED) is 0.804. The van der Waals surface area contributed by atoms with Gasteiger partial charge in [-0.1, -0.05) is 23.2 Å². The van der Waals surface area contributed by atoms with Crippen LogP contribution in [0.25, 0.3) is 0 Å². The van der Waals surface area contributed by atoms with Crippen molar-refractivity contribution in [3.63, 3.8) is 0 Å². The molecule has 0 radical (unpaired) electrons. The zero-order chi connectivity index (χ0) is 11.5. The van der Waals surface area contributed by atoms with E-state index in [1.54, 1.807) is 24.3 Å². The molecule has 0 aliphatic rings. The molecule has 80 valence electrons. The van der Waals surface area contributed by atoms with Crippen molar-refractivity contribution in [1.29, 1.82) is 5.26 Å². The van der Waals surface area contributed by atoms with E-state index in [0.29, 0.717) is 15.8 Å². The van der Waals surface area contributed by atoms with Gasteiger partial charge in [0, 0.05) is 11.1 Å². The van der Waals surface area contributed by atoms with Crippen molar-refractivity contribution in [3.8, 4) is 17.8 Å². The first kappa shape index (κ1) is 10.9. The zero-order valence-electron chi connectivity index (χ0n) is 7.91. The van der Waals surface area contributed by atoms with Crippen molar-refractivity contribution in [2.75, 3.05) is 0 Å².